The molecule has 4 rings (SSSR count). The fraction of sp³-hybridized carbons (Fsp3) is 0.167. The Morgan fingerprint density at radius 3 is 2.71 bits per heavy atom. The van der Waals surface area contributed by atoms with Gasteiger partial charge in [-0.05, 0) is 54.8 Å². The van der Waals surface area contributed by atoms with Crippen LogP contribution in [0.15, 0.2) is 42.6 Å². The Kier molecular flexibility index (Phi) is 3.55. The molecule has 3 aromatic rings. The van der Waals surface area contributed by atoms with Gasteiger partial charge in [0.1, 0.15) is 5.82 Å². The van der Waals surface area contributed by atoms with E-state index >= 15 is 0 Å². The summed E-state index contributed by atoms with van der Waals surface area (Å²) >= 11 is 12.1. The molecule has 0 saturated heterocycles. The number of rotatable bonds is 3. The number of hydrogen-bond donors (Lipinski definition) is 2. The largest absolute Gasteiger partial charge is 0.361 e. The summed E-state index contributed by atoms with van der Waals surface area (Å²) in [5.41, 5.74) is 1.45. The van der Waals surface area contributed by atoms with E-state index in [1.807, 2.05) is 0 Å². The van der Waals surface area contributed by atoms with Crippen molar-refractivity contribution in [3.63, 3.8) is 0 Å². The number of anilines is 1. The van der Waals surface area contributed by atoms with Crippen LogP contribution >= 0.6 is 23.2 Å². The minimum absolute atomic E-state index is 0.128. The average Bonchev–Trinajstić information content (AvgIpc) is 3.25. The topological polar surface area (TPSA) is 44.9 Å². The molecule has 1 aliphatic rings. The molecule has 1 heterocycles. The zero-order valence-corrected chi connectivity index (χ0v) is 14.0. The van der Waals surface area contributed by atoms with Crippen LogP contribution in [0.4, 0.5) is 10.1 Å². The summed E-state index contributed by atoms with van der Waals surface area (Å²) in [6.45, 7) is 0. The molecule has 0 bridgehead atoms. The lowest BCUT2D eigenvalue weighted by Gasteiger charge is -2.16. The van der Waals surface area contributed by atoms with Crippen molar-refractivity contribution < 1.29 is 9.18 Å². The highest BCUT2D eigenvalue weighted by molar-refractivity contribution is 6.35. The van der Waals surface area contributed by atoms with E-state index in [-0.39, 0.29) is 11.7 Å². The number of aromatic nitrogens is 1. The van der Waals surface area contributed by atoms with E-state index in [0.717, 1.165) is 23.8 Å². The molecule has 24 heavy (non-hydrogen) atoms. The fourth-order valence-electron chi connectivity index (χ4n) is 3.07. The lowest BCUT2D eigenvalue weighted by molar-refractivity contribution is -0.118. The molecule has 1 aliphatic carbocycles. The Hall–Kier alpha value is -2.04. The number of H-pyrrole nitrogens is 1. The van der Waals surface area contributed by atoms with Crippen LogP contribution in [0.3, 0.4) is 0 Å². The van der Waals surface area contributed by atoms with Crippen LogP contribution in [0.2, 0.25) is 10.0 Å². The van der Waals surface area contributed by atoms with Crippen molar-refractivity contribution in [2.75, 3.05) is 5.32 Å². The summed E-state index contributed by atoms with van der Waals surface area (Å²) in [6.07, 6.45) is 3.26. The predicted molar refractivity (Wildman–Crippen MR) is 94.3 cm³/mol. The number of aromatic amines is 1. The van der Waals surface area contributed by atoms with Crippen molar-refractivity contribution in [3.05, 3.63) is 64.0 Å². The third-order valence-electron chi connectivity index (χ3n) is 4.52. The smallest absolute Gasteiger partial charge is 0.235 e. The van der Waals surface area contributed by atoms with Crippen molar-refractivity contribution in [2.45, 2.75) is 18.3 Å². The zero-order valence-electron chi connectivity index (χ0n) is 12.5. The summed E-state index contributed by atoms with van der Waals surface area (Å²) in [5.74, 6) is -0.437. The van der Waals surface area contributed by atoms with Crippen molar-refractivity contribution >= 4 is 45.7 Å². The first-order valence-corrected chi connectivity index (χ1v) is 8.29. The minimum atomic E-state index is -0.609. The first kappa shape index (κ1) is 15.5. The third-order valence-corrected chi connectivity index (χ3v) is 5.09. The Morgan fingerprint density at radius 2 is 1.96 bits per heavy atom. The standard InChI is InChI=1S/C18H13Cl2FN2O/c19-10-1-4-14(20)16(7-10)23-17(24)18(5-6-18)13-9-22-15-8-11(21)2-3-12(13)15/h1-4,7-9,22H,5-6H2,(H,23,24). The number of benzene rings is 2. The number of nitrogens with one attached hydrogen (secondary N) is 2. The van der Waals surface area contributed by atoms with E-state index in [1.54, 1.807) is 30.5 Å². The minimum Gasteiger partial charge on any atom is -0.361 e. The quantitative estimate of drug-likeness (QED) is 0.653. The maximum Gasteiger partial charge on any atom is 0.235 e. The number of amides is 1. The highest BCUT2D eigenvalue weighted by Gasteiger charge is 2.52. The van der Waals surface area contributed by atoms with Gasteiger partial charge in [0.05, 0.1) is 16.1 Å². The van der Waals surface area contributed by atoms with Crippen molar-refractivity contribution in [1.82, 2.24) is 4.98 Å². The lowest BCUT2D eigenvalue weighted by atomic mass is 9.94. The van der Waals surface area contributed by atoms with Crippen LogP contribution in [-0.2, 0) is 10.2 Å². The molecule has 1 saturated carbocycles. The number of halogens is 3. The van der Waals surface area contributed by atoms with Crippen LogP contribution in [0, 0.1) is 5.82 Å². The number of carbonyl (C=O) groups is 1. The average molecular weight is 363 g/mol. The second-order valence-corrected chi connectivity index (χ2v) is 6.90. The molecule has 1 amide bonds. The first-order chi connectivity index (χ1) is 11.5. The van der Waals surface area contributed by atoms with Gasteiger partial charge in [-0.2, -0.15) is 0 Å². The Bertz CT molecular complexity index is 963. The molecular weight excluding hydrogens is 350 g/mol. The van der Waals surface area contributed by atoms with Crippen molar-refractivity contribution in [3.8, 4) is 0 Å². The molecule has 1 fully saturated rings. The molecule has 0 aliphatic heterocycles. The monoisotopic (exact) mass is 362 g/mol. The molecule has 0 radical (unpaired) electrons. The van der Waals surface area contributed by atoms with Crippen molar-refractivity contribution in [1.29, 1.82) is 0 Å². The molecule has 0 unspecified atom stereocenters. The predicted octanol–water partition coefficient (Wildman–Crippen LogP) is 5.28. The van der Waals surface area contributed by atoms with Gasteiger partial charge in [-0.1, -0.05) is 23.2 Å². The molecule has 0 spiro atoms. The van der Waals surface area contributed by atoms with E-state index in [0.29, 0.717) is 21.2 Å². The van der Waals surface area contributed by atoms with Gasteiger partial charge in [0.15, 0.2) is 0 Å². The second kappa shape index (κ2) is 5.50. The molecule has 3 nitrogen and oxygen atoms in total. The maximum absolute atomic E-state index is 13.4. The SMILES string of the molecule is O=C(Nc1cc(Cl)ccc1Cl)C1(c2c[nH]c3cc(F)ccc23)CC1. The van der Waals surface area contributed by atoms with Crippen molar-refractivity contribution in [2.24, 2.45) is 0 Å². The van der Waals surface area contributed by atoms with Gasteiger partial charge in [0, 0.05) is 22.1 Å². The van der Waals surface area contributed by atoms with Crippen LogP contribution in [0.5, 0.6) is 0 Å². The number of carbonyl (C=O) groups excluding carboxylic acids is 1. The Balaban J connectivity index is 1.69. The van der Waals surface area contributed by atoms with Gasteiger partial charge in [-0.25, -0.2) is 4.39 Å². The number of fused-ring (bicyclic) bond motifs is 1. The maximum atomic E-state index is 13.4. The van der Waals surface area contributed by atoms with Gasteiger partial charge in [-0.15, -0.1) is 0 Å². The van der Waals surface area contributed by atoms with Crippen LogP contribution in [0.1, 0.15) is 18.4 Å². The summed E-state index contributed by atoms with van der Waals surface area (Å²) in [6, 6.07) is 9.48. The second-order valence-electron chi connectivity index (χ2n) is 6.05. The molecule has 2 aromatic carbocycles. The fourth-order valence-corrected chi connectivity index (χ4v) is 3.41. The van der Waals surface area contributed by atoms with Gasteiger partial charge in [0.25, 0.3) is 0 Å². The molecule has 2 N–H and O–H groups in total. The molecular formula is C18H13Cl2FN2O. The normalized spacial score (nSPS) is 15.5. The van der Waals surface area contributed by atoms with Crippen LogP contribution in [0.25, 0.3) is 10.9 Å². The summed E-state index contributed by atoms with van der Waals surface area (Å²) < 4.78 is 13.4. The van der Waals surface area contributed by atoms with Gasteiger partial charge >= 0.3 is 0 Å². The van der Waals surface area contributed by atoms with Gasteiger partial charge in [0.2, 0.25) is 5.91 Å². The van der Waals surface area contributed by atoms with Crippen LogP contribution in [-0.4, -0.2) is 10.9 Å². The van der Waals surface area contributed by atoms with Gasteiger partial charge in [-0.3, -0.25) is 4.79 Å². The van der Waals surface area contributed by atoms with E-state index in [2.05, 4.69) is 10.3 Å². The van der Waals surface area contributed by atoms with E-state index in [9.17, 15) is 9.18 Å². The van der Waals surface area contributed by atoms with E-state index in [4.69, 9.17) is 23.2 Å². The van der Waals surface area contributed by atoms with Crippen LogP contribution < -0.4 is 5.32 Å². The zero-order chi connectivity index (χ0) is 16.9. The van der Waals surface area contributed by atoms with E-state index < -0.39 is 5.41 Å². The van der Waals surface area contributed by atoms with E-state index in [1.165, 1.54) is 12.1 Å². The molecule has 1 aromatic heterocycles. The molecule has 6 heteroatoms. The highest BCUT2D eigenvalue weighted by atomic mass is 35.5. The Labute approximate surface area is 147 Å². The third kappa shape index (κ3) is 2.46. The highest BCUT2D eigenvalue weighted by Crippen LogP contribution is 2.51. The number of hydrogen-bond acceptors (Lipinski definition) is 1. The summed E-state index contributed by atoms with van der Waals surface area (Å²) in [4.78, 5) is 15.9. The summed E-state index contributed by atoms with van der Waals surface area (Å²) in [7, 11) is 0. The Morgan fingerprint density at radius 1 is 1.17 bits per heavy atom. The van der Waals surface area contributed by atoms with Gasteiger partial charge < -0.3 is 10.3 Å². The summed E-state index contributed by atoms with van der Waals surface area (Å²) in [5, 5.41) is 4.67. The molecule has 122 valence electrons. The first-order valence-electron chi connectivity index (χ1n) is 7.53. The molecule has 0 atom stereocenters. The lowest BCUT2D eigenvalue weighted by Crippen LogP contribution is -2.27.